The molecule has 0 saturated heterocycles. The van der Waals surface area contributed by atoms with Crippen molar-refractivity contribution in [3.63, 3.8) is 0 Å². The van der Waals surface area contributed by atoms with Crippen LogP contribution in [0.5, 0.6) is 0 Å². The number of rotatable bonds is 3. The quantitative estimate of drug-likeness (QED) is 0.617. The van der Waals surface area contributed by atoms with E-state index in [4.69, 9.17) is 0 Å². The summed E-state index contributed by atoms with van der Waals surface area (Å²) in [5.41, 5.74) is 2.31. The Kier molecular flexibility index (Phi) is 3.58. The average Bonchev–Trinajstić information content (AvgIpc) is 2.69. The van der Waals surface area contributed by atoms with Gasteiger partial charge in [-0.2, -0.15) is 9.78 Å². The van der Waals surface area contributed by atoms with E-state index < -0.39 is 0 Å². The van der Waals surface area contributed by atoms with Crippen molar-refractivity contribution in [1.82, 2.24) is 14.9 Å². The highest BCUT2D eigenvalue weighted by Gasteiger charge is 2.04. The maximum absolute atomic E-state index is 4.38. The number of nitrogens with zero attached hydrogens (tertiary/aromatic N) is 4. The largest absolute Gasteiger partial charge is 0.211 e. The lowest BCUT2D eigenvalue weighted by Gasteiger charge is -1.99. The van der Waals surface area contributed by atoms with Crippen molar-refractivity contribution in [1.29, 1.82) is 0 Å². The summed E-state index contributed by atoms with van der Waals surface area (Å²) in [6, 6.07) is 8.21. The van der Waals surface area contributed by atoms with Crippen LogP contribution in [0.4, 0.5) is 0 Å². The van der Waals surface area contributed by atoms with Gasteiger partial charge < -0.3 is 0 Å². The van der Waals surface area contributed by atoms with Gasteiger partial charge in [0.2, 0.25) is 5.16 Å². The normalized spacial score (nSPS) is 11.2. The third-order valence-electron chi connectivity index (χ3n) is 2.35. The lowest BCUT2D eigenvalue weighted by atomic mass is 10.2. The molecule has 0 bridgehead atoms. The van der Waals surface area contributed by atoms with Crippen LogP contribution in [0.1, 0.15) is 17.0 Å². The second-order valence-electron chi connectivity index (χ2n) is 3.70. The van der Waals surface area contributed by atoms with Crippen molar-refractivity contribution >= 4 is 18.0 Å². The molecule has 0 aliphatic heterocycles. The minimum absolute atomic E-state index is 0.790. The average molecular weight is 246 g/mol. The smallest absolute Gasteiger partial charge is 0.192 e. The molecule has 1 heterocycles. The Hall–Kier alpha value is -1.62. The molecule has 0 aliphatic carbocycles. The molecule has 1 aromatic heterocycles. The first kappa shape index (κ1) is 11.9. The van der Waals surface area contributed by atoms with Crippen LogP contribution in [0.3, 0.4) is 0 Å². The standard InChI is InChI=1S/C12H14N4S/c1-9-4-6-11(7-5-9)8-13-16-10(2)14-15-12(16)17-3/h4-8H,1-3H3/b13-8-. The summed E-state index contributed by atoms with van der Waals surface area (Å²) in [6.45, 7) is 3.95. The van der Waals surface area contributed by atoms with Crippen LogP contribution in [-0.2, 0) is 0 Å². The minimum Gasteiger partial charge on any atom is -0.192 e. The first-order chi connectivity index (χ1) is 8.20. The van der Waals surface area contributed by atoms with Crippen molar-refractivity contribution < 1.29 is 0 Å². The summed E-state index contributed by atoms with van der Waals surface area (Å²) in [5, 5.41) is 13.2. The third-order valence-corrected chi connectivity index (χ3v) is 2.97. The molecule has 0 aliphatic rings. The first-order valence-electron chi connectivity index (χ1n) is 5.28. The lowest BCUT2D eigenvalue weighted by molar-refractivity contribution is 0.745. The molecular formula is C12H14N4S. The zero-order valence-electron chi connectivity index (χ0n) is 10.1. The van der Waals surface area contributed by atoms with Gasteiger partial charge in [0.15, 0.2) is 5.82 Å². The Morgan fingerprint density at radius 2 is 1.88 bits per heavy atom. The highest BCUT2D eigenvalue weighted by atomic mass is 32.2. The maximum Gasteiger partial charge on any atom is 0.211 e. The maximum atomic E-state index is 4.38. The summed E-state index contributed by atoms with van der Waals surface area (Å²) < 4.78 is 1.74. The van der Waals surface area contributed by atoms with Crippen molar-refractivity contribution in [2.45, 2.75) is 19.0 Å². The molecular weight excluding hydrogens is 232 g/mol. The molecule has 0 amide bonds. The molecule has 88 valence electrons. The number of hydrogen-bond donors (Lipinski definition) is 0. The van der Waals surface area contributed by atoms with Crippen molar-refractivity contribution in [3.05, 3.63) is 41.2 Å². The second-order valence-corrected chi connectivity index (χ2v) is 4.47. The van der Waals surface area contributed by atoms with Crippen molar-refractivity contribution in [2.75, 3.05) is 6.26 Å². The number of aryl methyl sites for hydroxylation is 2. The van der Waals surface area contributed by atoms with Crippen LogP contribution in [0.15, 0.2) is 34.5 Å². The van der Waals surface area contributed by atoms with E-state index in [0.29, 0.717) is 0 Å². The third kappa shape index (κ3) is 2.74. The SMILES string of the molecule is CSc1nnc(C)n1/N=C\c1ccc(C)cc1. The molecule has 17 heavy (non-hydrogen) atoms. The number of hydrogen-bond acceptors (Lipinski definition) is 4. The molecule has 0 N–H and O–H groups in total. The van der Waals surface area contributed by atoms with Gasteiger partial charge in [0.1, 0.15) is 0 Å². The van der Waals surface area contributed by atoms with Gasteiger partial charge in [-0.15, -0.1) is 10.2 Å². The van der Waals surface area contributed by atoms with E-state index in [1.54, 1.807) is 4.68 Å². The van der Waals surface area contributed by atoms with Crippen molar-refractivity contribution in [2.24, 2.45) is 5.10 Å². The van der Waals surface area contributed by atoms with E-state index in [9.17, 15) is 0 Å². The Morgan fingerprint density at radius 1 is 1.18 bits per heavy atom. The second kappa shape index (κ2) is 5.14. The van der Waals surface area contributed by atoms with E-state index in [1.165, 1.54) is 17.3 Å². The molecule has 0 atom stereocenters. The topological polar surface area (TPSA) is 43.1 Å². The van der Waals surface area contributed by atoms with Crippen LogP contribution in [0, 0.1) is 13.8 Å². The van der Waals surface area contributed by atoms with Gasteiger partial charge in [-0.25, -0.2) is 0 Å². The van der Waals surface area contributed by atoms with Crippen molar-refractivity contribution in [3.8, 4) is 0 Å². The highest BCUT2D eigenvalue weighted by Crippen LogP contribution is 2.12. The van der Waals surface area contributed by atoms with Gasteiger partial charge in [-0.1, -0.05) is 41.6 Å². The zero-order chi connectivity index (χ0) is 12.3. The molecule has 2 rings (SSSR count). The van der Waals surface area contributed by atoms with Gasteiger partial charge in [-0.05, 0) is 25.7 Å². The summed E-state index contributed by atoms with van der Waals surface area (Å²) >= 11 is 1.53. The summed E-state index contributed by atoms with van der Waals surface area (Å²) in [4.78, 5) is 0. The van der Waals surface area contributed by atoms with E-state index in [1.807, 2.05) is 31.5 Å². The van der Waals surface area contributed by atoms with Crippen LogP contribution in [-0.4, -0.2) is 27.3 Å². The van der Waals surface area contributed by atoms with Gasteiger partial charge >= 0.3 is 0 Å². The van der Waals surface area contributed by atoms with E-state index in [-0.39, 0.29) is 0 Å². The monoisotopic (exact) mass is 246 g/mol. The summed E-state index contributed by atoms with van der Waals surface area (Å²) in [6.07, 6.45) is 3.77. The van der Waals surface area contributed by atoms with Gasteiger partial charge in [0.05, 0.1) is 6.21 Å². The summed E-state index contributed by atoms with van der Waals surface area (Å²) in [7, 11) is 0. The fraction of sp³-hybridized carbons (Fsp3) is 0.250. The molecule has 0 saturated carbocycles. The van der Waals surface area contributed by atoms with Crippen LogP contribution in [0.2, 0.25) is 0 Å². The van der Waals surface area contributed by atoms with E-state index >= 15 is 0 Å². The Bertz CT molecular complexity index is 528. The van der Waals surface area contributed by atoms with Gasteiger partial charge in [0.25, 0.3) is 0 Å². The molecule has 2 aromatic rings. The Labute approximate surface area is 105 Å². The number of aromatic nitrogens is 3. The molecule has 5 heteroatoms. The van der Waals surface area contributed by atoms with Crippen LogP contribution >= 0.6 is 11.8 Å². The zero-order valence-corrected chi connectivity index (χ0v) is 10.9. The highest BCUT2D eigenvalue weighted by molar-refractivity contribution is 7.98. The number of thioether (sulfide) groups is 1. The fourth-order valence-corrected chi connectivity index (χ4v) is 1.85. The van der Waals surface area contributed by atoms with E-state index in [2.05, 4.69) is 34.4 Å². The summed E-state index contributed by atoms with van der Waals surface area (Å²) in [5.74, 6) is 0.790. The molecule has 0 spiro atoms. The molecule has 0 unspecified atom stereocenters. The first-order valence-corrected chi connectivity index (χ1v) is 6.50. The fourth-order valence-electron chi connectivity index (χ4n) is 1.38. The molecule has 1 aromatic carbocycles. The minimum atomic E-state index is 0.790. The molecule has 0 fully saturated rings. The molecule has 0 radical (unpaired) electrons. The predicted octanol–water partition coefficient (Wildman–Crippen LogP) is 2.50. The molecule has 4 nitrogen and oxygen atoms in total. The van der Waals surface area contributed by atoms with Gasteiger partial charge in [-0.3, -0.25) is 0 Å². The van der Waals surface area contributed by atoms with Gasteiger partial charge in [0, 0.05) is 0 Å². The Morgan fingerprint density at radius 3 is 2.53 bits per heavy atom. The van der Waals surface area contributed by atoms with Crippen LogP contribution < -0.4 is 0 Å². The van der Waals surface area contributed by atoms with Crippen LogP contribution in [0.25, 0.3) is 0 Å². The predicted molar refractivity (Wildman–Crippen MR) is 70.7 cm³/mol. The lowest BCUT2D eigenvalue weighted by Crippen LogP contribution is -1.95. The number of benzene rings is 1. The van der Waals surface area contributed by atoms with E-state index in [0.717, 1.165) is 16.5 Å². The Balaban J connectivity index is 2.25.